The van der Waals surface area contributed by atoms with Gasteiger partial charge in [-0.3, -0.25) is 14.0 Å². The number of nitrogens with zero attached hydrogens (tertiary/aromatic N) is 2. The van der Waals surface area contributed by atoms with Gasteiger partial charge in [0.2, 0.25) is 0 Å². The first-order valence-corrected chi connectivity index (χ1v) is 4.37. The van der Waals surface area contributed by atoms with E-state index < -0.39 is 5.91 Å². The highest BCUT2D eigenvalue weighted by Crippen LogP contribution is 2.09. The maximum Gasteiger partial charge on any atom is 0.267 e. The van der Waals surface area contributed by atoms with Crippen molar-refractivity contribution >= 4 is 17.3 Å². The Balaban J connectivity index is 2.72. The number of carbonyl (C=O) groups excluding carboxylic acids is 2. The molecule has 2 aromatic heterocycles. The minimum Gasteiger partial charge on any atom is -0.364 e. The molecule has 0 aromatic carbocycles. The molecular formula is C10H9N3O2. The molecule has 0 saturated carbocycles. The van der Waals surface area contributed by atoms with E-state index in [9.17, 15) is 9.59 Å². The van der Waals surface area contributed by atoms with Crippen molar-refractivity contribution in [1.82, 2.24) is 9.38 Å². The molecular weight excluding hydrogens is 194 g/mol. The van der Waals surface area contributed by atoms with Crippen molar-refractivity contribution < 1.29 is 9.59 Å². The summed E-state index contributed by atoms with van der Waals surface area (Å²) in [5, 5.41) is 0. The number of primary amides is 1. The fourth-order valence-corrected chi connectivity index (χ4v) is 1.37. The number of hydrogen-bond donors (Lipinski definition) is 1. The Bertz CT molecular complexity index is 557. The van der Waals surface area contributed by atoms with Gasteiger partial charge in [0.1, 0.15) is 11.3 Å². The first kappa shape index (κ1) is 9.39. The Kier molecular flexibility index (Phi) is 2.00. The zero-order valence-electron chi connectivity index (χ0n) is 8.10. The van der Waals surface area contributed by atoms with Crippen molar-refractivity contribution in [2.45, 2.75) is 6.92 Å². The summed E-state index contributed by atoms with van der Waals surface area (Å²) in [5.74, 6) is -0.635. The van der Waals surface area contributed by atoms with E-state index in [0.717, 1.165) is 0 Å². The Morgan fingerprint density at radius 1 is 1.40 bits per heavy atom. The molecule has 0 bridgehead atoms. The predicted octanol–water partition coefficient (Wildman–Crippen LogP) is 0.636. The number of amides is 1. The Labute approximate surface area is 85.5 Å². The zero-order valence-corrected chi connectivity index (χ0v) is 8.10. The topological polar surface area (TPSA) is 77.5 Å². The number of ketones is 1. The fraction of sp³-hybridized carbons (Fsp3) is 0.100. The van der Waals surface area contributed by atoms with Gasteiger partial charge >= 0.3 is 0 Å². The molecule has 0 aliphatic rings. The molecule has 2 aromatic rings. The molecule has 0 aliphatic carbocycles. The Morgan fingerprint density at radius 3 is 2.73 bits per heavy atom. The van der Waals surface area contributed by atoms with Crippen molar-refractivity contribution in [1.29, 1.82) is 0 Å². The Hall–Kier alpha value is -2.17. The molecule has 2 N–H and O–H groups in total. The number of pyridine rings is 1. The van der Waals surface area contributed by atoms with Crippen LogP contribution in [0, 0.1) is 0 Å². The lowest BCUT2D eigenvalue weighted by molar-refractivity contribution is 0.0989. The van der Waals surface area contributed by atoms with Crippen molar-refractivity contribution in [2.24, 2.45) is 5.73 Å². The second kappa shape index (κ2) is 3.20. The third-order valence-corrected chi connectivity index (χ3v) is 2.16. The van der Waals surface area contributed by atoms with Crippen LogP contribution < -0.4 is 5.73 Å². The van der Waals surface area contributed by atoms with Gasteiger partial charge in [0.15, 0.2) is 5.78 Å². The molecule has 1 amide bonds. The van der Waals surface area contributed by atoms with E-state index >= 15 is 0 Å². The van der Waals surface area contributed by atoms with E-state index in [1.165, 1.54) is 17.5 Å². The van der Waals surface area contributed by atoms with E-state index in [4.69, 9.17) is 5.73 Å². The summed E-state index contributed by atoms with van der Waals surface area (Å²) < 4.78 is 1.51. The van der Waals surface area contributed by atoms with Crippen LogP contribution in [0.4, 0.5) is 0 Å². The molecule has 5 heteroatoms. The molecule has 2 heterocycles. The van der Waals surface area contributed by atoms with E-state index in [-0.39, 0.29) is 11.5 Å². The van der Waals surface area contributed by atoms with E-state index in [2.05, 4.69) is 4.98 Å². The van der Waals surface area contributed by atoms with Crippen LogP contribution in [0.3, 0.4) is 0 Å². The fourth-order valence-electron chi connectivity index (χ4n) is 1.37. The van der Waals surface area contributed by atoms with Gasteiger partial charge in [0.05, 0.1) is 6.20 Å². The monoisotopic (exact) mass is 203 g/mol. The molecule has 76 valence electrons. The third kappa shape index (κ3) is 1.48. The summed E-state index contributed by atoms with van der Waals surface area (Å²) in [6.45, 7) is 1.46. The van der Waals surface area contributed by atoms with Crippen LogP contribution in [0.25, 0.3) is 5.65 Å². The van der Waals surface area contributed by atoms with Crippen LogP contribution >= 0.6 is 0 Å². The highest BCUT2D eigenvalue weighted by molar-refractivity contribution is 5.95. The molecule has 0 atom stereocenters. The second-order valence-electron chi connectivity index (χ2n) is 3.21. The number of rotatable bonds is 2. The van der Waals surface area contributed by atoms with Crippen molar-refractivity contribution in [3.05, 3.63) is 35.8 Å². The van der Waals surface area contributed by atoms with E-state index in [1.54, 1.807) is 18.3 Å². The summed E-state index contributed by atoms with van der Waals surface area (Å²) in [5.41, 5.74) is 6.55. The maximum absolute atomic E-state index is 11.1. The average molecular weight is 203 g/mol. The van der Waals surface area contributed by atoms with E-state index in [0.29, 0.717) is 11.2 Å². The van der Waals surface area contributed by atoms with Crippen LogP contribution in [-0.4, -0.2) is 21.1 Å². The van der Waals surface area contributed by atoms with Crippen molar-refractivity contribution in [2.75, 3.05) is 0 Å². The van der Waals surface area contributed by atoms with Gasteiger partial charge in [-0.05, 0) is 19.1 Å². The lowest BCUT2D eigenvalue weighted by Crippen LogP contribution is -2.13. The van der Waals surface area contributed by atoms with Crippen LogP contribution in [0.15, 0.2) is 24.5 Å². The van der Waals surface area contributed by atoms with Crippen LogP contribution in [0.1, 0.15) is 27.8 Å². The van der Waals surface area contributed by atoms with Crippen LogP contribution in [-0.2, 0) is 0 Å². The number of nitrogens with two attached hydrogens (primary N) is 1. The minimum atomic E-state index is -0.566. The predicted molar refractivity (Wildman–Crippen MR) is 53.7 cm³/mol. The van der Waals surface area contributed by atoms with Crippen LogP contribution in [0.2, 0.25) is 0 Å². The number of carbonyl (C=O) groups is 2. The smallest absolute Gasteiger partial charge is 0.267 e. The highest BCUT2D eigenvalue weighted by Gasteiger charge is 2.09. The number of imidazole rings is 1. The summed E-state index contributed by atoms with van der Waals surface area (Å²) in [7, 11) is 0. The lowest BCUT2D eigenvalue weighted by Gasteiger charge is -1.99. The molecule has 0 unspecified atom stereocenters. The molecule has 2 rings (SSSR count). The average Bonchev–Trinajstić information content (AvgIpc) is 2.59. The van der Waals surface area contributed by atoms with Gasteiger partial charge in [-0.15, -0.1) is 0 Å². The summed E-state index contributed by atoms with van der Waals surface area (Å²) in [6.07, 6.45) is 2.95. The summed E-state index contributed by atoms with van der Waals surface area (Å²) in [6, 6.07) is 3.33. The molecule has 15 heavy (non-hydrogen) atoms. The molecule has 5 nitrogen and oxygen atoms in total. The van der Waals surface area contributed by atoms with Gasteiger partial charge in [-0.1, -0.05) is 0 Å². The molecule has 0 saturated heterocycles. The van der Waals surface area contributed by atoms with Crippen molar-refractivity contribution in [3.8, 4) is 0 Å². The summed E-state index contributed by atoms with van der Waals surface area (Å²) >= 11 is 0. The quantitative estimate of drug-likeness (QED) is 0.727. The summed E-state index contributed by atoms with van der Waals surface area (Å²) in [4.78, 5) is 26.2. The number of fused-ring (bicyclic) bond motifs is 1. The number of Topliss-reactive ketones (excluding diaryl/α,β-unsaturated/α-hetero) is 1. The zero-order chi connectivity index (χ0) is 11.0. The Morgan fingerprint density at radius 2 is 2.13 bits per heavy atom. The molecule has 0 fully saturated rings. The highest BCUT2D eigenvalue weighted by atomic mass is 16.1. The SMILES string of the molecule is CC(=O)c1ccc2ncc(C(N)=O)n2c1. The van der Waals surface area contributed by atoms with Gasteiger partial charge in [-0.25, -0.2) is 4.98 Å². The van der Waals surface area contributed by atoms with Gasteiger partial charge in [0, 0.05) is 11.8 Å². The third-order valence-electron chi connectivity index (χ3n) is 2.16. The largest absolute Gasteiger partial charge is 0.364 e. The van der Waals surface area contributed by atoms with Crippen molar-refractivity contribution in [3.63, 3.8) is 0 Å². The van der Waals surface area contributed by atoms with Gasteiger partial charge in [0.25, 0.3) is 5.91 Å². The maximum atomic E-state index is 11.1. The molecule has 0 radical (unpaired) electrons. The first-order valence-electron chi connectivity index (χ1n) is 4.37. The van der Waals surface area contributed by atoms with Gasteiger partial charge < -0.3 is 5.73 Å². The standard InChI is InChI=1S/C10H9N3O2/c1-6(14)7-2-3-9-12-4-8(10(11)15)13(9)5-7/h2-5H,1H3,(H2,11,15). The van der Waals surface area contributed by atoms with Crippen LogP contribution in [0.5, 0.6) is 0 Å². The van der Waals surface area contributed by atoms with Gasteiger partial charge in [-0.2, -0.15) is 0 Å². The second-order valence-corrected chi connectivity index (χ2v) is 3.21. The van der Waals surface area contributed by atoms with E-state index in [1.807, 2.05) is 0 Å². The normalized spacial score (nSPS) is 10.5. The first-order chi connectivity index (χ1) is 7.09. The number of hydrogen-bond acceptors (Lipinski definition) is 3. The number of aromatic nitrogens is 2. The molecule has 0 aliphatic heterocycles. The lowest BCUT2D eigenvalue weighted by atomic mass is 10.2. The minimum absolute atomic E-state index is 0.0685. The molecule has 0 spiro atoms.